The van der Waals surface area contributed by atoms with Crippen molar-refractivity contribution in [3.8, 4) is 11.5 Å². The monoisotopic (exact) mass is 260 g/mol. The molecule has 0 spiro atoms. The van der Waals surface area contributed by atoms with Crippen LogP contribution >= 0.6 is 0 Å². The Labute approximate surface area is 109 Å². The van der Waals surface area contributed by atoms with Crippen molar-refractivity contribution < 1.29 is 13.9 Å². The summed E-state index contributed by atoms with van der Waals surface area (Å²) in [5.41, 5.74) is 7.95. The fourth-order valence-corrected chi connectivity index (χ4v) is 1.98. The van der Waals surface area contributed by atoms with E-state index in [1.165, 1.54) is 12.1 Å². The van der Waals surface area contributed by atoms with Crippen LogP contribution in [0.5, 0.6) is 11.5 Å². The van der Waals surface area contributed by atoms with Gasteiger partial charge in [0.25, 0.3) is 0 Å². The van der Waals surface area contributed by atoms with E-state index in [9.17, 15) is 4.39 Å². The van der Waals surface area contributed by atoms with Crippen LogP contribution < -0.4 is 20.5 Å². The Hall–Kier alpha value is -2.27. The van der Waals surface area contributed by atoms with Gasteiger partial charge < -0.3 is 20.5 Å². The molecular formula is C14H13FN2O2. The second-order valence-electron chi connectivity index (χ2n) is 4.20. The lowest BCUT2D eigenvalue weighted by molar-refractivity contribution is 0.174. The highest BCUT2D eigenvalue weighted by atomic mass is 19.1. The molecule has 0 aromatic heterocycles. The molecule has 0 saturated carbocycles. The maximum Gasteiger partial charge on any atom is 0.231 e. The van der Waals surface area contributed by atoms with Crippen LogP contribution in [0.1, 0.15) is 5.56 Å². The zero-order valence-electron chi connectivity index (χ0n) is 10.2. The third kappa shape index (κ3) is 2.32. The van der Waals surface area contributed by atoms with Crippen LogP contribution in [-0.2, 0) is 6.54 Å². The summed E-state index contributed by atoms with van der Waals surface area (Å²) in [6.07, 6.45) is 0. The van der Waals surface area contributed by atoms with Crippen LogP contribution in [0.3, 0.4) is 0 Å². The molecule has 4 nitrogen and oxygen atoms in total. The van der Waals surface area contributed by atoms with Crippen LogP contribution in [0.4, 0.5) is 15.8 Å². The summed E-state index contributed by atoms with van der Waals surface area (Å²) in [5, 5.41) is 3.20. The van der Waals surface area contributed by atoms with Gasteiger partial charge >= 0.3 is 0 Å². The SMILES string of the molecule is NCc1cc(F)ccc1Nc1ccc2c(c1)OCO2. The molecule has 0 saturated heterocycles. The number of hydrogen-bond acceptors (Lipinski definition) is 4. The number of benzene rings is 2. The molecule has 1 aliphatic heterocycles. The Kier molecular flexibility index (Phi) is 2.97. The van der Waals surface area contributed by atoms with Gasteiger partial charge in [0.05, 0.1) is 0 Å². The van der Waals surface area contributed by atoms with Crippen molar-refractivity contribution in [1.82, 2.24) is 0 Å². The van der Waals surface area contributed by atoms with Gasteiger partial charge in [-0.05, 0) is 35.9 Å². The first-order chi connectivity index (χ1) is 9.26. The Morgan fingerprint density at radius 3 is 2.79 bits per heavy atom. The zero-order chi connectivity index (χ0) is 13.2. The molecule has 0 atom stereocenters. The van der Waals surface area contributed by atoms with Crippen LogP contribution in [-0.4, -0.2) is 6.79 Å². The van der Waals surface area contributed by atoms with Crippen molar-refractivity contribution in [2.24, 2.45) is 5.73 Å². The first-order valence-corrected chi connectivity index (χ1v) is 5.91. The summed E-state index contributed by atoms with van der Waals surface area (Å²) in [6.45, 7) is 0.508. The third-order valence-corrected chi connectivity index (χ3v) is 2.94. The minimum absolute atomic E-state index is 0.239. The molecule has 5 heteroatoms. The van der Waals surface area contributed by atoms with Crippen molar-refractivity contribution in [1.29, 1.82) is 0 Å². The molecule has 98 valence electrons. The number of nitrogens with two attached hydrogens (primary N) is 1. The third-order valence-electron chi connectivity index (χ3n) is 2.94. The van der Waals surface area contributed by atoms with Crippen molar-refractivity contribution in [2.45, 2.75) is 6.54 Å². The smallest absolute Gasteiger partial charge is 0.231 e. The quantitative estimate of drug-likeness (QED) is 0.891. The van der Waals surface area contributed by atoms with Crippen LogP contribution in [0, 0.1) is 5.82 Å². The normalized spacial score (nSPS) is 12.5. The minimum atomic E-state index is -0.295. The Morgan fingerprint density at radius 2 is 1.95 bits per heavy atom. The average Bonchev–Trinajstić information content (AvgIpc) is 2.88. The highest BCUT2D eigenvalue weighted by Gasteiger charge is 2.13. The van der Waals surface area contributed by atoms with Gasteiger partial charge in [0, 0.05) is 24.0 Å². The van der Waals surface area contributed by atoms with Crippen molar-refractivity contribution >= 4 is 11.4 Å². The number of hydrogen-bond donors (Lipinski definition) is 2. The summed E-state index contributed by atoms with van der Waals surface area (Å²) >= 11 is 0. The van der Waals surface area contributed by atoms with E-state index in [1.54, 1.807) is 6.07 Å². The molecule has 19 heavy (non-hydrogen) atoms. The van der Waals surface area contributed by atoms with E-state index in [2.05, 4.69) is 5.32 Å². The number of fused-ring (bicyclic) bond motifs is 1. The lowest BCUT2D eigenvalue weighted by Gasteiger charge is -2.11. The first kappa shape index (κ1) is 11.8. The standard InChI is InChI=1S/C14H13FN2O2/c15-10-1-3-12(9(5-10)7-16)17-11-2-4-13-14(6-11)19-8-18-13/h1-6,17H,7-8,16H2. The van der Waals surface area contributed by atoms with E-state index < -0.39 is 0 Å². The molecule has 3 rings (SSSR count). The number of rotatable bonds is 3. The van der Waals surface area contributed by atoms with E-state index in [4.69, 9.17) is 15.2 Å². The second-order valence-corrected chi connectivity index (χ2v) is 4.20. The van der Waals surface area contributed by atoms with Crippen molar-refractivity contribution in [2.75, 3.05) is 12.1 Å². The van der Waals surface area contributed by atoms with E-state index in [1.807, 2.05) is 18.2 Å². The van der Waals surface area contributed by atoms with Gasteiger partial charge in [-0.2, -0.15) is 0 Å². The topological polar surface area (TPSA) is 56.5 Å². The summed E-state index contributed by atoms with van der Waals surface area (Å²) in [6, 6.07) is 10.0. The number of halogens is 1. The number of anilines is 2. The molecule has 0 aliphatic carbocycles. The van der Waals surface area contributed by atoms with Gasteiger partial charge in [-0.25, -0.2) is 4.39 Å². The largest absolute Gasteiger partial charge is 0.454 e. The predicted molar refractivity (Wildman–Crippen MR) is 70.1 cm³/mol. The van der Waals surface area contributed by atoms with Crippen molar-refractivity contribution in [3.05, 3.63) is 47.8 Å². The second kappa shape index (κ2) is 4.78. The van der Waals surface area contributed by atoms with Gasteiger partial charge in [0.1, 0.15) is 5.82 Å². The maximum absolute atomic E-state index is 13.1. The molecule has 0 fully saturated rings. The first-order valence-electron chi connectivity index (χ1n) is 5.91. The van der Waals surface area contributed by atoms with E-state index in [-0.39, 0.29) is 19.2 Å². The van der Waals surface area contributed by atoms with Crippen molar-refractivity contribution in [3.63, 3.8) is 0 Å². The fraction of sp³-hybridized carbons (Fsp3) is 0.143. The van der Waals surface area contributed by atoms with Gasteiger partial charge in [0.15, 0.2) is 11.5 Å². The van der Waals surface area contributed by atoms with Gasteiger partial charge in [-0.1, -0.05) is 0 Å². The van der Waals surface area contributed by atoms with Crippen LogP contribution in [0.2, 0.25) is 0 Å². The van der Waals surface area contributed by atoms with Crippen LogP contribution in [0.15, 0.2) is 36.4 Å². The van der Waals surface area contributed by atoms with Gasteiger partial charge in [-0.3, -0.25) is 0 Å². The van der Waals surface area contributed by atoms with Gasteiger partial charge in [-0.15, -0.1) is 0 Å². The Morgan fingerprint density at radius 1 is 1.11 bits per heavy atom. The molecule has 0 bridgehead atoms. The minimum Gasteiger partial charge on any atom is -0.454 e. The molecule has 2 aromatic rings. The highest BCUT2D eigenvalue weighted by molar-refractivity contribution is 5.66. The zero-order valence-corrected chi connectivity index (χ0v) is 10.2. The lowest BCUT2D eigenvalue weighted by atomic mass is 10.1. The molecule has 0 amide bonds. The molecule has 3 N–H and O–H groups in total. The highest BCUT2D eigenvalue weighted by Crippen LogP contribution is 2.35. The van der Waals surface area contributed by atoms with E-state index in [0.29, 0.717) is 5.75 Å². The molecular weight excluding hydrogens is 247 g/mol. The molecule has 1 aliphatic rings. The Bertz CT molecular complexity index is 616. The Balaban J connectivity index is 1.89. The summed E-state index contributed by atoms with van der Waals surface area (Å²) < 4.78 is 23.7. The van der Waals surface area contributed by atoms with Crippen LogP contribution in [0.25, 0.3) is 0 Å². The predicted octanol–water partition coefficient (Wildman–Crippen LogP) is 2.76. The molecule has 2 aromatic carbocycles. The summed E-state index contributed by atoms with van der Waals surface area (Å²) in [7, 11) is 0. The van der Waals surface area contributed by atoms with E-state index >= 15 is 0 Å². The molecule has 0 unspecified atom stereocenters. The van der Waals surface area contributed by atoms with E-state index in [0.717, 1.165) is 22.7 Å². The maximum atomic E-state index is 13.1. The molecule has 1 heterocycles. The lowest BCUT2D eigenvalue weighted by Crippen LogP contribution is -2.02. The summed E-state index contributed by atoms with van der Waals surface area (Å²) in [4.78, 5) is 0. The average molecular weight is 260 g/mol. The fourth-order valence-electron chi connectivity index (χ4n) is 1.98. The number of nitrogens with one attached hydrogen (secondary N) is 1. The summed E-state index contributed by atoms with van der Waals surface area (Å²) in [5.74, 6) is 1.13. The number of ether oxygens (including phenoxy) is 2. The molecule has 0 radical (unpaired) electrons. The van der Waals surface area contributed by atoms with Gasteiger partial charge in [0.2, 0.25) is 6.79 Å².